The molecule has 0 radical (unpaired) electrons. The molecule has 5 N–H and O–H groups in total. The van der Waals surface area contributed by atoms with Gasteiger partial charge in [0.1, 0.15) is 23.5 Å². The maximum absolute atomic E-state index is 14.0. The average Bonchev–Trinajstić information content (AvgIpc) is 2.91. The molecule has 114 valence electrons. The molecule has 0 bridgehead atoms. The minimum Gasteiger partial charge on any atom is -0.394 e. The Bertz CT molecular complexity index is 697. The normalized spacial score (nSPS) is 28.3. The average molecular weight is 322 g/mol. The largest absolute Gasteiger partial charge is 0.394 e. The van der Waals surface area contributed by atoms with Crippen molar-refractivity contribution < 1.29 is 23.7 Å². The van der Waals surface area contributed by atoms with Crippen LogP contribution in [0.1, 0.15) is 11.9 Å². The van der Waals surface area contributed by atoms with Crippen LogP contribution in [0.3, 0.4) is 0 Å². The van der Waals surface area contributed by atoms with Gasteiger partial charge in [0, 0.05) is 0 Å². The van der Waals surface area contributed by atoms with E-state index in [0.717, 1.165) is 0 Å². The second-order valence-electron chi connectivity index (χ2n) is 4.55. The SMILES string of the molecule is Nc1nc(Cl)c2[nH]c([C@@H]3O[C@H](CO)[C@@H](O)C3(F)F)nc2n1. The minimum atomic E-state index is -3.63. The second-order valence-corrected chi connectivity index (χ2v) is 4.91. The first kappa shape index (κ1) is 14.3. The van der Waals surface area contributed by atoms with Crippen molar-refractivity contribution in [3.63, 3.8) is 0 Å². The lowest BCUT2D eigenvalue weighted by molar-refractivity contribution is -0.115. The number of imidazole rings is 1. The quantitative estimate of drug-likeness (QED) is 0.573. The molecule has 1 saturated heterocycles. The maximum Gasteiger partial charge on any atom is 0.308 e. The molecular formula is C10H10ClF2N5O3. The molecule has 8 nitrogen and oxygen atoms in total. The summed E-state index contributed by atoms with van der Waals surface area (Å²) in [7, 11) is 0. The fraction of sp³-hybridized carbons (Fsp3) is 0.500. The van der Waals surface area contributed by atoms with Crippen LogP contribution < -0.4 is 5.73 Å². The van der Waals surface area contributed by atoms with Crippen molar-refractivity contribution in [2.45, 2.75) is 24.2 Å². The van der Waals surface area contributed by atoms with Gasteiger partial charge >= 0.3 is 5.92 Å². The zero-order valence-corrected chi connectivity index (χ0v) is 11.1. The van der Waals surface area contributed by atoms with E-state index in [-0.39, 0.29) is 28.1 Å². The number of rotatable bonds is 2. The molecule has 0 amide bonds. The summed E-state index contributed by atoms with van der Waals surface area (Å²) in [6, 6.07) is 0. The summed E-state index contributed by atoms with van der Waals surface area (Å²) >= 11 is 5.82. The fourth-order valence-electron chi connectivity index (χ4n) is 2.15. The Morgan fingerprint density at radius 1 is 1.38 bits per heavy atom. The van der Waals surface area contributed by atoms with Crippen LogP contribution in [-0.2, 0) is 4.74 Å². The number of hydrogen-bond acceptors (Lipinski definition) is 7. The van der Waals surface area contributed by atoms with Gasteiger partial charge in [0.15, 0.2) is 16.9 Å². The molecule has 1 aliphatic heterocycles. The predicted molar refractivity (Wildman–Crippen MR) is 66.8 cm³/mol. The van der Waals surface area contributed by atoms with Crippen LogP contribution in [-0.4, -0.2) is 54.9 Å². The van der Waals surface area contributed by atoms with Gasteiger partial charge in [0.05, 0.1) is 6.61 Å². The van der Waals surface area contributed by atoms with Gasteiger partial charge in [-0.25, -0.2) is 13.8 Å². The Morgan fingerprint density at radius 3 is 2.71 bits per heavy atom. The number of ether oxygens (including phenoxy) is 1. The number of nitrogens with two attached hydrogens (primary N) is 1. The molecule has 0 aliphatic carbocycles. The fourth-order valence-corrected chi connectivity index (χ4v) is 2.37. The lowest BCUT2D eigenvalue weighted by atomic mass is 10.1. The number of nitrogen functional groups attached to an aromatic ring is 1. The highest BCUT2D eigenvalue weighted by atomic mass is 35.5. The van der Waals surface area contributed by atoms with Gasteiger partial charge in [0.25, 0.3) is 0 Å². The van der Waals surface area contributed by atoms with Crippen molar-refractivity contribution >= 4 is 28.7 Å². The van der Waals surface area contributed by atoms with Gasteiger partial charge in [-0.1, -0.05) is 11.6 Å². The summed E-state index contributed by atoms with van der Waals surface area (Å²) in [5.74, 6) is -4.07. The van der Waals surface area contributed by atoms with Crippen LogP contribution in [0.4, 0.5) is 14.7 Å². The molecule has 2 aromatic heterocycles. The zero-order valence-electron chi connectivity index (χ0n) is 10.3. The van der Waals surface area contributed by atoms with Crippen molar-refractivity contribution in [1.29, 1.82) is 0 Å². The summed E-state index contributed by atoms with van der Waals surface area (Å²) in [4.78, 5) is 13.8. The summed E-state index contributed by atoms with van der Waals surface area (Å²) < 4.78 is 32.9. The zero-order chi connectivity index (χ0) is 15.4. The summed E-state index contributed by atoms with van der Waals surface area (Å²) in [5.41, 5.74) is 5.52. The third-order valence-corrected chi connectivity index (χ3v) is 3.45. The van der Waals surface area contributed by atoms with Gasteiger partial charge in [-0.05, 0) is 0 Å². The van der Waals surface area contributed by atoms with Gasteiger partial charge in [0.2, 0.25) is 5.95 Å². The molecule has 11 heteroatoms. The minimum absolute atomic E-state index is 0.00355. The van der Waals surface area contributed by atoms with Crippen molar-refractivity contribution in [2.24, 2.45) is 0 Å². The molecule has 3 heterocycles. The van der Waals surface area contributed by atoms with E-state index in [1.54, 1.807) is 0 Å². The van der Waals surface area contributed by atoms with E-state index in [9.17, 15) is 13.9 Å². The smallest absolute Gasteiger partial charge is 0.308 e. The first-order valence-electron chi connectivity index (χ1n) is 5.85. The van der Waals surface area contributed by atoms with Crippen LogP contribution in [0, 0.1) is 0 Å². The Morgan fingerprint density at radius 2 is 2.10 bits per heavy atom. The Balaban J connectivity index is 2.06. The highest BCUT2D eigenvalue weighted by Gasteiger charge is 2.59. The topological polar surface area (TPSA) is 130 Å². The number of halogens is 3. The first-order valence-corrected chi connectivity index (χ1v) is 6.23. The van der Waals surface area contributed by atoms with Crippen molar-refractivity contribution in [3.05, 3.63) is 11.0 Å². The number of nitrogens with one attached hydrogen (secondary N) is 1. The maximum atomic E-state index is 14.0. The van der Waals surface area contributed by atoms with Crippen LogP contribution in [0.25, 0.3) is 11.2 Å². The molecular weight excluding hydrogens is 312 g/mol. The van der Waals surface area contributed by atoms with E-state index in [1.807, 2.05) is 0 Å². The highest BCUT2D eigenvalue weighted by molar-refractivity contribution is 6.33. The summed E-state index contributed by atoms with van der Waals surface area (Å²) in [6.07, 6.45) is -5.42. The number of hydrogen-bond donors (Lipinski definition) is 4. The monoisotopic (exact) mass is 321 g/mol. The molecule has 3 atom stereocenters. The van der Waals surface area contributed by atoms with Gasteiger partial charge in [-0.15, -0.1) is 0 Å². The number of aliphatic hydroxyl groups is 2. The van der Waals surface area contributed by atoms with Gasteiger partial charge in [-0.3, -0.25) is 0 Å². The number of fused-ring (bicyclic) bond motifs is 1. The number of aromatic nitrogens is 4. The Kier molecular flexibility index (Phi) is 3.20. The third kappa shape index (κ3) is 2.11. The molecule has 0 spiro atoms. The molecule has 0 unspecified atom stereocenters. The molecule has 1 aliphatic rings. The Hall–Kier alpha value is -1.62. The van der Waals surface area contributed by atoms with E-state index in [0.29, 0.717) is 0 Å². The number of aromatic amines is 1. The first-order chi connectivity index (χ1) is 9.84. The van der Waals surface area contributed by atoms with Crippen LogP contribution in [0.2, 0.25) is 5.15 Å². The lowest BCUT2D eigenvalue weighted by Gasteiger charge is -2.17. The number of alkyl halides is 2. The third-order valence-electron chi connectivity index (χ3n) is 3.18. The molecule has 2 aromatic rings. The van der Waals surface area contributed by atoms with Crippen molar-refractivity contribution in [2.75, 3.05) is 12.3 Å². The second kappa shape index (κ2) is 4.70. The lowest BCUT2D eigenvalue weighted by Crippen LogP contribution is -2.38. The van der Waals surface area contributed by atoms with Crippen LogP contribution in [0.5, 0.6) is 0 Å². The van der Waals surface area contributed by atoms with Crippen LogP contribution in [0.15, 0.2) is 0 Å². The van der Waals surface area contributed by atoms with E-state index >= 15 is 0 Å². The number of aliphatic hydroxyl groups excluding tert-OH is 2. The molecule has 1 fully saturated rings. The van der Waals surface area contributed by atoms with Gasteiger partial charge < -0.3 is 25.7 Å². The summed E-state index contributed by atoms with van der Waals surface area (Å²) in [5, 5.41) is 18.3. The molecule has 21 heavy (non-hydrogen) atoms. The Labute approximate surface area is 120 Å². The van der Waals surface area contributed by atoms with E-state index in [2.05, 4.69) is 19.9 Å². The van der Waals surface area contributed by atoms with E-state index in [4.69, 9.17) is 27.2 Å². The molecule has 3 rings (SSSR count). The van der Waals surface area contributed by atoms with Crippen molar-refractivity contribution in [1.82, 2.24) is 19.9 Å². The number of H-pyrrole nitrogens is 1. The molecule has 0 aromatic carbocycles. The van der Waals surface area contributed by atoms with E-state index in [1.165, 1.54) is 0 Å². The number of nitrogens with zero attached hydrogens (tertiary/aromatic N) is 3. The van der Waals surface area contributed by atoms with Crippen LogP contribution >= 0.6 is 11.6 Å². The van der Waals surface area contributed by atoms with Gasteiger partial charge in [-0.2, -0.15) is 9.97 Å². The standard InChI is InChI=1S/C10H10ClF2N5O3/c11-6-3-7(18-9(14)16-6)17-8(15-3)5-10(12,13)4(20)2(1-19)21-5/h2,4-5,19-20H,1H2,(H3,14,15,16,17,18)/t2-,4-,5+/m1/s1. The van der Waals surface area contributed by atoms with E-state index < -0.39 is 30.8 Å². The number of anilines is 1. The molecule has 0 saturated carbocycles. The predicted octanol–water partition coefficient (Wildman–Crippen LogP) is 0.0169. The highest BCUT2D eigenvalue weighted by Crippen LogP contribution is 2.45. The summed E-state index contributed by atoms with van der Waals surface area (Å²) in [6.45, 7) is -0.749. The van der Waals surface area contributed by atoms with Crippen molar-refractivity contribution in [3.8, 4) is 0 Å².